The van der Waals surface area contributed by atoms with Crippen molar-refractivity contribution < 1.29 is 19.8 Å². The van der Waals surface area contributed by atoms with E-state index < -0.39 is 17.4 Å². The number of aliphatic hydroxyl groups is 2. The number of carbonyl (C=O) groups is 2. The van der Waals surface area contributed by atoms with Crippen LogP contribution in [-0.4, -0.2) is 41.7 Å². The summed E-state index contributed by atoms with van der Waals surface area (Å²) in [7, 11) is 0. The van der Waals surface area contributed by atoms with Crippen molar-refractivity contribution in [2.75, 3.05) is 29.5 Å². The van der Waals surface area contributed by atoms with E-state index in [1.807, 2.05) is 12.1 Å². The minimum absolute atomic E-state index is 0.00991. The van der Waals surface area contributed by atoms with Gasteiger partial charge < -0.3 is 20.0 Å². The fraction of sp³-hybridized carbons (Fsp3) is 0.500. The summed E-state index contributed by atoms with van der Waals surface area (Å²) in [6.45, 7) is 6.48. The van der Waals surface area contributed by atoms with Gasteiger partial charge >= 0.3 is 0 Å². The summed E-state index contributed by atoms with van der Waals surface area (Å²) >= 11 is 0. The highest BCUT2D eigenvalue weighted by atomic mass is 16.3. The van der Waals surface area contributed by atoms with Gasteiger partial charge in [-0.05, 0) is 37.5 Å². The lowest BCUT2D eigenvalue weighted by atomic mass is 9.82. The Morgan fingerprint density at radius 3 is 2.73 bits per heavy atom. The third-order valence-corrected chi connectivity index (χ3v) is 6.08. The molecule has 0 saturated carbocycles. The van der Waals surface area contributed by atoms with E-state index in [2.05, 4.69) is 6.58 Å². The molecule has 30 heavy (non-hydrogen) atoms. The second-order valence-corrected chi connectivity index (χ2v) is 8.11. The minimum Gasteiger partial charge on any atom is -0.396 e. The SMILES string of the molecule is C=CCN1C(=O)[C@](O)([C@H](C)/C=C/CCO)c2cc(N3CCCCCCC3=O)ccc21. The molecule has 6 heteroatoms. The molecular weight excluding hydrogens is 380 g/mol. The number of amides is 2. The minimum atomic E-state index is -1.73. The standard InChI is InChI=1S/C24H32N2O4/c1-3-14-26-21-13-12-19(25-15-8-5-4-6-11-22(25)28)17-20(21)24(30,23(26)29)18(2)10-7-9-16-27/h3,7,10,12-13,17-18,27,30H,1,4-6,8-9,11,14-16H2,2H3/b10-7+/t18-,24+/m1/s1. The predicted octanol–water partition coefficient (Wildman–Crippen LogP) is 3.28. The lowest BCUT2D eigenvalue weighted by Gasteiger charge is -2.29. The van der Waals surface area contributed by atoms with Crippen molar-refractivity contribution in [1.29, 1.82) is 0 Å². The second-order valence-electron chi connectivity index (χ2n) is 8.11. The summed E-state index contributed by atoms with van der Waals surface area (Å²) < 4.78 is 0. The maximum absolute atomic E-state index is 13.3. The van der Waals surface area contributed by atoms with Crippen LogP contribution in [0, 0.1) is 5.92 Å². The maximum Gasteiger partial charge on any atom is 0.264 e. The topological polar surface area (TPSA) is 81.1 Å². The first-order chi connectivity index (χ1) is 14.4. The summed E-state index contributed by atoms with van der Waals surface area (Å²) in [5.41, 5.74) is 0.154. The smallest absolute Gasteiger partial charge is 0.264 e. The molecule has 0 spiro atoms. The number of benzene rings is 1. The van der Waals surface area contributed by atoms with Gasteiger partial charge in [-0.3, -0.25) is 9.59 Å². The third kappa shape index (κ3) is 4.07. The van der Waals surface area contributed by atoms with Gasteiger partial charge in [0.1, 0.15) is 0 Å². The maximum atomic E-state index is 13.3. The Labute approximate surface area is 178 Å². The van der Waals surface area contributed by atoms with Crippen molar-refractivity contribution >= 4 is 23.2 Å². The fourth-order valence-corrected chi connectivity index (χ4v) is 4.36. The van der Waals surface area contributed by atoms with E-state index >= 15 is 0 Å². The normalized spacial score (nSPS) is 23.4. The van der Waals surface area contributed by atoms with Gasteiger partial charge in [0.25, 0.3) is 5.91 Å². The molecule has 3 rings (SSSR count). The molecule has 0 unspecified atom stereocenters. The van der Waals surface area contributed by atoms with Crippen LogP contribution in [0.3, 0.4) is 0 Å². The molecule has 1 aromatic rings. The van der Waals surface area contributed by atoms with Gasteiger partial charge in [0, 0.05) is 43.3 Å². The van der Waals surface area contributed by atoms with E-state index in [-0.39, 0.29) is 12.5 Å². The molecule has 6 nitrogen and oxygen atoms in total. The molecule has 1 aromatic carbocycles. The van der Waals surface area contributed by atoms with Gasteiger partial charge in [-0.25, -0.2) is 0 Å². The molecule has 2 N–H and O–H groups in total. The van der Waals surface area contributed by atoms with Crippen LogP contribution in [0.2, 0.25) is 0 Å². The predicted molar refractivity (Wildman–Crippen MR) is 118 cm³/mol. The molecule has 2 aliphatic heterocycles. The highest BCUT2D eigenvalue weighted by Gasteiger charge is 2.52. The number of fused-ring (bicyclic) bond motifs is 1. The fourth-order valence-electron chi connectivity index (χ4n) is 4.36. The van der Waals surface area contributed by atoms with Gasteiger partial charge in [-0.2, -0.15) is 0 Å². The molecular formula is C24H32N2O4. The number of nitrogens with zero attached hydrogens (tertiary/aromatic N) is 2. The summed E-state index contributed by atoms with van der Waals surface area (Å²) in [5.74, 6) is -0.806. The first-order valence-corrected chi connectivity index (χ1v) is 10.8. The Morgan fingerprint density at radius 1 is 1.23 bits per heavy atom. The van der Waals surface area contributed by atoms with Gasteiger partial charge in [0.05, 0.1) is 5.69 Å². The molecule has 2 atom stereocenters. The van der Waals surface area contributed by atoms with Crippen LogP contribution in [0.15, 0.2) is 43.0 Å². The summed E-state index contributed by atoms with van der Waals surface area (Å²) in [5, 5.41) is 20.7. The molecule has 0 aliphatic carbocycles. The number of anilines is 2. The number of hydrogen-bond donors (Lipinski definition) is 2. The summed E-state index contributed by atoms with van der Waals surface area (Å²) in [6.07, 6.45) is 10.2. The van der Waals surface area contributed by atoms with Crippen molar-refractivity contribution in [3.05, 3.63) is 48.6 Å². The Hall–Kier alpha value is -2.44. The van der Waals surface area contributed by atoms with Gasteiger partial charge in [-0.1, -0.05) is 38.0 Å². The highest BCUT2D eigenvalue weighted by Crippen LogP contribution is 2.46. The average molecular weight is 413 g/mol. The van der Waals surface area contributed by atoms with Crippen LogP contribution in [0.4, 0.5) is 11.4 Å². The zero-order chi connectivity index (χ0) is 21.7. The molecule has 0 bridgehead atoms. The van der Waals surface area contributed by atoms with Crippen LogP contribution >= 0.6 is 0 Å². The lowest BCUT2D eigenvalue weighted by Crippen LogP contribution is -2.44. The Bertz CT molecular complexity index is 834. The van der Waals surface area contributed by atoms with Crippen molar-refractivity contribution in [2.45, 2.75) is 51.0 Å². The van der Waals surface area contributed by atoms with Crippen LogP contribution in [0.1, 0.15) is 51.0 Å². The average Bonchev–Trinajstić information content (AvgIpc) is 2.94. The molecule has 0 radical (unpaired) electrons. The number of aliphatic hydroxyl groups excluding tert-OH is 1. The molecule has 1 fully saturated rings. The van der Waals surface area contributed by atoms with E-state index in [9.17, 15) is 14.7 Å². The monoisotopic (exact) mass is 412 g/mol. The van der Waals surface area contributed by atoms with E-state index in [1.54, 1.807) is 36.1 Å². The van der Waals surface area contributed by atoms with Crippen LogP contribution in [0.5, 0.6) is 0 Å². The van der Waals surface area contributed by atoms with Crippen LogP contribution < -0.4 is 9.80 Å². The molecule has 2 aliphatic rings. The number of rotatable bonds is 7. The first-order valence-electron chi connectivity index (χ1n) is 10.8. The van der Waals surface area contributed by atoms with E-state index in [4.69, 9.17) is 5.11 Å². The second kappa shape index (κ2) is 9.58. The molecule has 2 amide bonds. The third-order valence-electron chi connectivity index (χ3n) is 6.08. The molecule has 0 aromatic heterocycles. The van der Waals surface area contributed by atoms with Gasteiger partial charge in [0.15, 0.2) is 5.60 Å². The Kier molecular flexibility index (Phi) is 7.10. The zero-order valence-electron chi connectivity index (χ0n) is 17.7. The van der Waals surface area contributed by atoms with Crippen molar-refractivity contribution in [1.82, 2.24) is 0 Å². The first kappa shape index (κ1) is 22.2. The Balaban J connectivity index is 2.04. The Morgan fingerprint density at radius 2 is 2.00 bits per heavy atom. The number of carbonyl (C=O) groups excluding carboxylic acids is 2. The molecule has 1 saturated heterocycles. The van der Waals surface area contributed by atoms with Gasteiger partial charge in [0.2, 0.25) is 5.91 Å². The van der Waals surface area contributed by atoms with Crippen LogP contribution in [0.25, 0.3) is 0 Å². The highest BCUT2D eigenvalue weighted by molar-refractivity contribution is 6.08. The lowest BCUT2D eigenvalue weighted by molar-refractivity contribution is -0.139. The zero-order valence-corrected chi connectivity index (χ0v) is 17.7. The van der Waals surface area contributed by atoms with Crippen molar-refractivity contribution in [2.24, 2.45) is 5.92 Å². The quantitative estimate of drug-likeness (QED) is 0.674. The van der Waals surface area contributed by atoms with E-state index in [0.29, 0.717) is 37.2 Å². The van der Waals surface area contributed by atoms with Crippen molar-refractivity contribution in [3.63, 3.8) is 0 Å². The number of hydrogen-bond acceptors (Lipinski definition) is 4. The molecule has 2 heterocycles. The van der Waals surface area contributed by atoms with E-state index in [1.165, 1.54) is 4.90 Å². The summed E-state index contributed by atoms with van der Waals surface area (Å²) in [6, 6.07) is 5.48. The van der Waals surface area contributed by atoms with Crippen molar-refractivity contribution in [3.8, 4) is 0 Å². The van der Waals surface area contributed by atoms with Gasteiger partial charge in [-0.15, -0.1) is 6.58 Å². The molecule has 162 valence electrons. The largest absolute Gasteiger partial charge is 0.396 e. The summed E-state index contributed by atoms with van der Waals surface area (Å²) in [4.78, 5) is 29.3. The van der Waals surface area contributed by atoms with Crippen LogP contribution in [-0.2, 0) is 15.2 Å². The van der Waals surface area contributed by atoms with E-state index in [0.717, 1.165) is 31.4 Å².